The zero-order chi connectivity index (χ0) is 12.3. The molecule has 0 radical (unpaired) electrons. The Morgan fingerprint density at radius 2 is 2.35 bits per heavy atom. The highest BCUT2D eigenvalue weighted by Crippen LogP contribution is 2.12. The average molecular weight is 249 g/mol. The number of aromatic nitrogens is 3. The maximum absolute atomic E-state index is 11.9. The van der Waals surface area contributed by atoms with E-state index < -0.39 is 0 Å². The zero-order valence-electron chi connectivity index (χ0n) is 9.96. The van der Waals surface area contributed by atoms with Crippen molar-refractivity contribution in [3.63, 3.8) is 0 Å². The lowest BCUT2D eigenvalue weighted by Crippen LogP contribution is -2.13. The van der Waals surface area contributed by atoms with Crippen LogP contribution in [-0.2, 0) is 13.0 Å². The van der Waals surface area contributed by atoms with Crippen molar-refractivity contribution >= 4 is 17.1 Å². The molecule has 17 heavy (non-hydrogen) atoms. The highest BCUT2D eigenvalue weighted by atomic mass is 32.1. The van der Waals surface area contributed by atoms with E-state index in [1.165, 1.54) is 17.7 Å². The van der Waals surface area contributed by atoms with Gasteiger partial charge >= 0.3 is 0 Å². The lowest BCUT2D eigenvalue weighted by molar-refractivity contribution is 0.0993. The zero-order valence-corrected chi connectivity index (χ0v) is 10.8. The number of carbonyl (C=O) groups excluding carboxylic acids is 1. The molecule has 5 heteroatoms. The number of thiophene rings is 1. The molecule has 0 aliphatic rings. The number of carbonyl (C=O) groups is 1. The molecule has 0 amide bonds. The van der Waals surface area contributed by atoms with Crippen molar-refractivity contribution in [1.82, 2.24) is 14.8 Å². The molecule has 0 aliphatic carbocycles. The van der Waals surface area contributed by atoms with Crippen LogP contribution in [0.5, 0.6) is 0 Å². The van der Waals surface area contributed by atoms with Gasteiger partial charge in [0.1, 0.15) is 12.2 Å². The van der Waals surface area contributed by atoms with Crippen LogP contribution in [0.1, 0.15) is 29.3 Å². The fourth-order valence-corrected chi connectivity index (χ4v) is 2.26. The topological polar surface area (TPSA) is 47.8 Å². The molecule has 0 N–H and O–H groups in total. The first kappa shape index (κ1) is 12.0. The molecular weight excluding hydrogens is 234 g/mol. The summed E-state index contributed by atoms with van der Waals surface area (Å²) in [7, 11) is 0. The quantitative estimate of drug-likeness (QED) is 0.765. The van der Waals surface area contributed by atoms with Gasteiger partial charge in [-0.3, -0.25) is 4.79 Å². The van der Waals surface area contributed by atoms with Gasteiger partial charge in [-0.05, 0) is 17.4 Å². The van der Waals surface area contributed by atoms with Crippen LogP contribution < -0.4 is 0 Å². The minimum Gasteiger partial charge on any atom is -0.293 e. The van der Waals surface area contributed by atoms with Gasteiger partial charge in [0.25, 0.3) is 0 Å². The first-order valence-electron chi connectivity index (χ1n) is 5.60. The molecule has 0 bridgehead atoms. The van der Waals surface area contributed by atoms with Crippen LogP contribution in [0.15, 0.2) is 23.8 Å². The lowest BCUT2D eigenvalue weighted by Gasteiger charge is -2.07. The molecule has 0 aromatic carbocycles. The molecule has 0 fully saturated rings. The van der Waals surface area contributed by atoms with Crippen LogP contribution in [0, 0.1) is 5.92 Å². The summed E-state index contributed by atoms with van der Waals surface area (Å²) in [4.78, 5) is 16.9. The molecule has 0 saturated carbocycles. The standard InChI is InChI=1S/C12H15N3OS/c1-9(2)7-15-12(13-8-14-15)6-10(16)11-4-3-5-17-11/h3-5,8-9H,6-7H2,1-2H3. The van der Waals surface area contributed by atoms with Crippen molar-refractivity contribution in [3.05, 3.63) is 34.5 Å². The number of hydrogen-bond acceptors (Lipinski definition) is 4. The second-order valence-electron chi connectivity index (χ2n) is 4.33. The number of ketones is 1. The summed E-state index contributed by atoms with van der Waals surface area (Å²) in [6, 6.07) is 3.73. The van der Waals surface area contributed by atoms with E-state index in [1.807, 2.05) is 22.2 Å². The molecule has 2 aromatic heterocycles. The van der Waals surface area contributed by atoms with Gasteiger partial charge in [-0.25, -0.2) is 9.67 Å². The van der Waals surface area contributed by atoms with E-state index in [1.54, 1.807) is 0 Å². The van der Waals surface area contributed by atoms with Crippen LogP contribution >= 0.6 is 11.3 Å². The summed E-state index contributed by atoms with van der Waals surface area (Å²) in [6.07, 6.45) is 1.84. The van der Waals surface area contributed by atoms with E-state index in [0.717, 1.165) is 17.2 Å². The van der Waals surface area contributed by atoms with E-state index in [4.69, 9.17) is 0 Å². The third kappa shape index (κ3) is 3.00. The van der Waals surface area contributed by atoms with Crippen molar-refractivity contribution in [2.24, 2.45) is 5.92 Å². The maximum atomic E-state index is 11.9. The molecule has 4 nitrogen and oxygen atoms in total. The molecule has 0 atom stereocenters. The smallest absolute Gasteiger partial charge is 0.180 e. The van der Waals surface area contributed by atoms with E-state index in [-0.39, 0.29) is 5.78 Å². The summed E-state index contributed by atoms with van der Waals surface area (Å²) < 4.78 is 1.82. The van der Waals surface area contributed by atoms with Gasteiger partial charge in [0.15, 0.2) is 5.78 Å². The molecule has 2 aromatic rings. The Bertz CT molecular complexity index is 488. The Morgan fingerprint density at radius 3 is 3.00 bits per heavy atom. The van der Waals surface area contributed by atoms with Gasteiger partial charge in [-0.1, -0.05) is 19.9 Å². The highest BCUT2D eigenvalue weighted by Gasteiger charge is 2.13. The lowest BCUT2D eigenvalue weighted by atomic mass is 10.2. The average Bonchev–Trinajstić information content (AvgIpc) is 2.89. The molecule has 0 spiro atoms. The van der Waals surface area contributed by atoms with Crippen molar-refractivity contribution in [2.75, 3.05) is 0 Å². The summed E-state index contributed by atoms with van der Waals surface area (Å²) >= 11 is 1.47. The van der Waals surface area contributed by atoms with E-state index >= 15 is 0 Å². The maximum Gasteiger partial charge on any atom is 0.180 e. The van der Waals surface area contributed by atoms with Crippen LogP contribution in [-0.4, -0.2) is 20.5 Å². The number of nitrogens with zero attached hydrogens (tertiary/aromatic N) is 3. The Hall–Kier alpha value is -1.49. The largest absolute Gasteiger partial charge is 0.293 e. The van der Waals surface area contributed by atoms with Gasteiger partial charge in [-0.15, -0.1) is 11.3 Å². The molecule has 0 aliphatic heterocycles. The summed E-state index contributed by atoms with van der Waals surface area (Å²) in [6.45, 7) is 5.03. The molecule has 0 unspecified atom stereocenters. The van der Waals surface area contributed by atoms with Crippen LogP contribution in [0.3, 0.4) is 0 Å². The van der Waals surface area contributed by atoms with Crippen LogP contribution in [0.2, 0.25) is 0 Å². The van der Waals surface area contributed by atoms with Crippen LogP contribution in [0.4, 0.5) is 0 Å². The van der Waals surface area contributed by atoms with Gasteiger partial charge in [0.2, 0.25) is 0 Å². The number of hydrogen-bond donors (Lipinski definition) is 0. The van der Waals surface area contributed by atoms with Gasteiger partial charge < -0.3 is 0 Å². The fraction of sp³-hybridized carbons (Fsp3) is 0.417. The second kappa shape index (κ2) is 5.23. The van der Waals surface area contributed by atoms with Crippen molar-refractivity contribution < 1.29 is 4.79 Å². The number of rotatable bonds is 5. The SMILES string of the molecule is CC(C)Cn1ncnc1CC(=O)c1cccs1. The Kier molecular flexibility index (Phi) is 3.68. The van der Waals surface area contributed by atoms with Crippen molar-refractivity contribution in [2.45, 2.75) is 26.8 Å². The molecule has 0 saturated heterocycles. The van der Waals surface area contributed by atoms with Gasteiger partial charge in [0.05, 0.1) is 11.3 Å². The summed E-state index contributed by atoms with van der Waals surface area (Å²) in [5, 5.41) is 6.06. The summed E-state index contributed by atoms with van der Waals surface area (Å²) in [5.74, 6) is 1.35. The minimum absolute atomic E-state index is 0.109. The number of Topliss-reactive ketones (excluding diaryl/α,β-unsaturated/α-hetero) is 1. The Labute approximate surface area is 104 Å². The summed E-state index contributed by atoms with van der Waals surface area (Å²) in [5.41, 5.74) is 0. The predicted molar refractivity (Wildman–Crippen MR) is 67.2 cm³/mol. The fourth-order valence-electron chi connectivity index (χ4n) is 1.59. The third-order valence-electron chi connectivity index (χ3n) is 2.35. The monoisotopic (exact) mass is 249 g/mol. The first-order valence-corrected chi connectivity index (χ1v) is 6.48. The normalized spacial score (nSPS) is 11.0. The molecule has 2 heterocycles. The van der Waals surface area contributed by atoms with E-state index in [0.29, 0.717) is 12.3 Å². The molecule has 2 rings (SSSR count). The highest BCUT2D eigenvalue weighted by molar-refractivity contribution is 7.12. The molecular formula is C12H15N3OS. The van der Waals surface area contributed by atoms with Crippen molar-refractivity contribution in [3.8, 4) is 0 Å². The van der Waals surface area contributed by atoms with Crippen LogP contribution in [0.25, 0.3) is 0 Å². The predicted octanol–water partition coefficient (Wildman–Crippen LogP) is 2.42. The first-order chi connectivity index (χ1) is 8.16. The molecule has 90 valence electrons. The van der Waals surface area contributed by atoms with Gasteiger partial charge in [0, 0.05) is 6.54 Å². The van der Waals surface area contributed by atoms with Gasteiger partial charge in [-0.2, -0.15) is 5.10 Å². The van der Waals surface area contributed by atoms with Crippen molar-refractivity contribution in [1.29, 1.82) is 0 Å². The third-order valence-corrected chi connectivity index (χ3v) is 3.26. The Balaban J connectivity index is 2.08. The second-order valence-corrected chi connectivity index (χ2v) is 5.28. The van der Waals surface area contributed by atoms with E-state index in [9.17, 15) is 4.79 Å². The van der Waals surface area contributed by atoms with E-state index in [2.05, 4.69) is 23.9 Å². The minimum atomic E-state index is 0.109. The Morgan fingerprint density at radius 1 is 1.53 bits per heavy atom.